The molecule has 0 saturated carbocycles. The van der Waals surface area contributed by atoms with E-state index in [2.05, 4.69) is 15.0 Å². The molecular formula is C13H15F3N2O4. The molecular weight excluding hydrogens is 305 g/mol. The number of nitrogens with zero attached hydrogens (tertiary/aromatic N) is 1. The summed E-state index contributed by atoms with van der Waals surface area (Å²) in [4.78, 5) is 25.3. The van der Waals surface area contributed by atoms with Crippen LogP contribution in [0, 0.1) is 0 Å². The number of nitrogens with one attached hydrogen (secondary N) is 1. The van der Waals surface area contributed by atoms with Crippen molar-refractivity contribution in [2.45, 2.75) is 25.4 Å². The van der Waals surface area contributed by atoms with E-state index in [1.165, 1.54) is 12.3 Å². The molecule has 0 bridgehead atoms. The third kappa shape index (κ3) is 8.08. The molecule has 0 saturated heterocycles. The van der Waals surface area contributed by atoms with Gasteiger partial charge in [0.15, 0.2) is 6.61 Å². The first kappa shape index (κ1) is 17.7. The van der Waals surface area contributed by atoms with Crippen molar-refractivity contribution < 1.29 is 32.6 Å². The molecule has 6 nitrogen and oxygen atoms in total. The SMILES string of the molecule is O=C(O)CCC(=O)NCCc1ccc(OCC(F)(F)F)nc1. The maximum atomic E-state index is 11.9. The number of amides is 1. The molecule has 122 valence electrons. The number of carbonyl (C=O) groups excluding carboxylic acids is 1. The Balaban J connectivity index is 2.29. The second-order valence-electron chi connectivity index (χ2n) is 4.40. The van der Waals surface area contributed by atoms with Gasteiger partial charge in [0.2, 0.25) is 11.8 Å². The number of hydrogen-bond donors (Lipinski definition) is 2. The monoisotopic (exact) mass is 320 g/mol. The van der Waals surface area contributed by atoms with E-state index >= 15 is 0 Å². The van der Waals surface area contributed by atoms with Gasteiger partial charge in [-0.15, -0.1) is 0 Å². The summed E-state index contributed by atoms with van der Waals surface area (Å²) in [6.45, 7) is -1.12. The number of aliphatic carboxylic acids is 1. The highest BCUT2D eigenvalue weighted by atomic mass is 19.4. The zero-order chi connectivity index (χ0) is 16.6. The minimum absolute atomic E-state index is 0.0994. The highest BCUT2D eigenvalue weighted by molar-refractivity contribution is 5.80. The second kappa shape index (κ2) is 8.20. The Kier molecular flexibility index (Phi) is 6.61. The number of aromatic nitrogens is 1. The number of alkyl halides is 3. The van der Waals surface area contributed by atoms with Crippen molar-refractivity contribution in [1.29, 1.82) is 0 Å². The fraction of sp³-hybridized carbons (Fsp3) is 0.462. The lowest BCUT2D eigenvalue weighted by molar-refractivity contribution is -0.154. The topological polar surface area (TPSA) is 88.5 Å². The Morgan fingerprint density at radius 1 is 1.27 bits per heavy atom. The average molecular weight is 320 g/mol. The van der Waals surface area contributed by atoms with E-state index in [0.29, 0.717) is 12.0 Å². The highest BCUT2D eigenvalue weighted by Crippen LogP contribution is 2.17. The zero-order valence-electron chi connectivity index (χ0n) is 11.5. The van der Waals surface area contributed by atoms with Crippen LogP contribution in [0.4, 0.5) is 13.2 Å². The molecule has 0 radical (unpaired) electrons. The molecule has 0 aliphatic heterocycles. The summed E-state index contributed by atoms with van der Waals surface area (Å²) in [7, 11) is 0. The molecule has 9 heteroatoms. The van der Waals surface area contributed by atoms with E-state index < -0.39 is 18.8 Å². The van der Waals surface area contributed by atoms with Gasteiger partial charge in [0, 0.05) is 25.2 Å². The van der Waals surface area contributed by atoms with Gasteiger partial charge in [-0.2, -0.15) is 13.2 Å². The Morgan fingerprint density at radius 3 is 2.55 bits per heavy atom. The fourth-order valence-corrected chi connectivity index (χ4v) is 1.46. The lowest BCUT2D eigenvalue weighted by atomic mass is 10.2. The van der Waals surface area contributed by atoms with Crippen molar-refractivity contribution in [1.82, 2.24) is 10.3 Å². The normalized spacial score (nSPS) is 11.0. The molecule has 1 aromatic heterocycles. The van der Waals surface area contributed by atoms with Gasteiger partial charge in [-0.3, -0.25) is 9.59 Å². The van der Waals surface area contributed by atoms with E-state index in [0.717, 1.165) is 0 Å². The Labute approximate surface area is 124 Å². The van der Waals surface area contributed by atoms with E-state index in [1.54, 1.807) is 6.07 Å². The summed E-state index contributed by atoms with van der Waals surface area (Å²) >= 11 is 0. The van der Waals surface area contributed by atoms with Crippen LogP contribution in [-0.2, 0) is 16.0 Å². The fourth-order valence-electron chi connectivity index (χ4n) is 1.46. The average Bonchev–Trinajstić information content (AvgIpc) is 2.43. The smallest absolute Gasteiger partial charge is 0.422 e. The maximum absolute atomic E-state index is 11.9. The first-order valence-corrected chi connectivity index (χ1v) is 6.39. The summed E-state index contributed by atoms with van der Waals surface area (Å²) < 4.78 is 40.3. The minimum Gasteiger partial charge on any atom is -0.481 e. The van der Waals surface area contributed by atoms with Gasteiger partial charge in [0.1, 0.15) is 0 Å². The van der Waals surface area contributed by atoms with Crippen LogP contribution >= 0.6 is 0 Å². The van der Waals surface area contributed by atoms with E-state index in [4.69, 9.17) is 5.11 Å². The van der Waals surface area contributed by atoms with Crippen molar-refractivity contribution in [3.8, 4) is 5.88 Å². The van der Waals surface area contributed by atoms with Gasteiger partial charge in [-0.1, -0.05) is 6.07 Å². The van der Waals surface area contributed by atoms with Gasteiger partial charge in [-0.25, -0.2) is 4.98 Å². The second-order valence-corrected chi connectivity index (χ2v) is 4.40. The van der Waals surface area contributed by atoms with Gasteiger partial charge in [0.05, 0.1) is 6.42 Å². The number of rotatable bonds is 8. The highest BCUT2D eigenvalue weighted by Gasteiger charge is 2.28. The van der Waals surface area contributed by atoms with Crippen LogP contribution < -0.4 is 10.1 Å². The summed E-state index contributed by atoms with van der Waals surface area (Å²) in [6.07, 6.45) is -2.97. The summed E-state index contributed by atoms with van der Waals surface area (Å²) in [5.74, 6) is -1.55. The van der Waals surface area contributed by atoms with E-state index in [9.17, 15) is 22.8 Å². The first-order chi connectivity index (χ1) is 10.3. The molecule has 0 aliphatic carbocycles. The number of pyridine rings is 1. The predicted molar refractivity (Wildman–Crippen MR) is 69.4 cm³/mol. The molecule has 1 aromatic rings. The molecule has 2 N–H and O–H groups in total. The van der Waals surface area contributed by atoms with Crippen LogP contribution in [0.25, 0.3) is 0 Å². The Hall–Kier alpha value is -2.32. The molecule has 0 unspecified atom stereocenters. The first-order valence-electron chi connectivity index (χ1n) is 6.39. The number of carbonyl (C=O) groups is 2. The van der Waals surface area contributed by atoms with Crippen molar-refractivity contribution in [2.24, 2.45) is 0 Å². The predicted octanol–water partition coefficient (Wildman–Crippen LogP) is 1.55. The van der Waals surface area contributed by atoms with Gasteiger partial charge >= 0.3 is 12.1 Å². The van der Waals surface area contributed by atoms with Gasteiger partial charge in [0.25, 0.3) is 0 Å². The quantitative estimate of drug-likeness (QED) is 0.758. The lowest BCUT2D eigenvalue weighted by Crippen LogP contribution is -2.26. The molecule has 22 heavy (non-hydrogen) atoms. The molecule has 0 aromatic carbocycles. The summed E-state index contributed by atoms with van der Waals surface area (Å²) in [5.41, 5.74) is 0.706. The maximum Gasteiger partial charge on any atom is 0.422 e. The number of halogens is 3. The van der Waals surface area contributed by atoms with Crippen molar-refractivity contribution in [2.75, 3.05) is 13.2 Å². The number of hydrogen-bond acceptors (Lipinski definition) is 4. The molecule has 1 amide bonds. The molecule has 1 heterocycles. The van der Waals surface area contributed by atoms with Crippen molar-refractivity contribution >= 4 is 11.9 Å². The minimum atomic E-state index is -4.42. The molecule has 0 atom stereocenters. The number of carboxylic acids is 1. The number of ether oxygens (including phenoxy) is 1. The van der Waals surface area contributed by atoms with Crippen LogP contribution in [0.3, 0.4) is 0 Å². The van der Waals surface area contributed by atoms with E-state index in [-0.39, 0.29) is 31.2 Å². The molecule has 0 spiro atoms. The molecule has 0 aliphatic rings. The van der Waals surface area contributed by atoms with Crippen LogP contribution in [0.15, 0.2) is 18.3 Å². The van der Waals surface area contributed by atoms with Crippen LogP contribution in [0.2, 0.25) is 0 Å². The Morgan fingerprint density at radius 2 is 2.00 bits per heavy atom. The third-order valence-corrected chi connectivity index (χ3v) is 2.48. The largest absolute Gasteiger partial charge is 0.481 e. The summed E-state index contributed by atoms with van der Waals surface area (Å²) in [6, 6.07) is 2.86. The van der Waals surface area contributed by atoms with Crippen molar-refractivity contribution in [3.63, 3.8) is 0 Å². The standard InChI is InChI=1S/C13H15F3N2O4/c14-13(15,16)8-22-11-3-1-9(7-18-11)5-6-17-10(19)2-4-12(20)21/h1,3,7H,2,4-6,8H2,(H,17,19)(H,20,21). The molecule has 0 fully saturated rings. The van der Waals surface area contributed by atoms with Gasteiger partial charge in [-0.05, 0) is 12.0 Å². The van der Waals surface area contributed by atoms with Crippen molar-refractivity contribution in [3.05, 3.63) is 23.9 Å². The summed E-state index contributed by atoms with van der Waals surface area (Å²) in [5, 5.41) is 11.0. The van der Waals surface area contributed by atoms with Gasteiger partial charge < -0.3 is 15.2 Å². The van der Waals surface area contributed by atoms with E-state index in [1.807, 2.05) is 0 Å². The molecule has 1 rings (SSSR count). The third-order valence-electron chi connectivity index (χ3n) is 2.48. The Bertz CT molecular complexity index is 503. The number of carboxylic acid groups (broad SMARTS) is 1. The lowest BCUT2D eigenvalue weighted by Gasteiger charge is -2.09. The van der Waals surface area contributed by atoms with Crippen LogP contribution in [-0.4, -0.2) is 41.3 Å². The zero-order valence-corrected chi connectivity index (χ0v) is 11.5. The van der Waals surface area contributed by atoms with Crippen LogP contribution in [0.5, 0.6) is 5.88 Å². The van der Waals surface area contributed by atoms with Crippen LogP contribution in [0.1, 0.15) is 18.4 Å².